The molecular weight excluding hydrogens is 571 g/mol. The fourth-order valence-corrected chi connectivity index (χ4v) is 7.79. The molecule has 1 heterocycles. The van der Waals surface area contributed by atoms with Crippen LogP contribution >= 0.6 is 23.2 Å². The van der Waals surface area contributed by atoms with Crippen molar-refractivity contribution in [3.05, 3.63) is 69.7 Å². The summed E-state index contributed by atoms with van der Waals surface area (Å²) in [5.41, 5.74) is 0.584. The van der Waals surface area contributed by atoms with Crippen LogP contribution in [0.5, 0.6) is 0 Å². The van der Waals surface area contributed by atoms with Gasteiger partial charge >= 0.3 is 0 Å². The molecule has 214 valence electrons. The van der Waals surface area contributed by atoms with Gasteiger partial charge in [0.1, 0.15) is 0 Å². The van der Waals surface area contributed by atoms with Crippen molar-refractivity contribution in [1.29, 1.82) is 5.26 Å². The molecule has 8 nitrogen and oxygen atoms in total. The average Bonchev–Trinajstić information content (AvgIpc) is 3.76. The number of likely N-dealkylation sites (N-methyl/N-ethyl adjacent to an activating group) is 1. The van der Waals surface area contributed by atoms with Crippen LogP contribution in [0.25, 0.3) is 0 Å². The number of carbonyl (C=O) groups is 2. The first-order valence-corrected chi connectivity index (χ1v) is 15.6. The van der Waals surface area contributed by atoms with E-state index in [9.17, 15) is 18.0 Å². The smallest absolute Gasteiger partial charge is 0.234 e. The van der Waals surface area contributed by atoms with Crippen molar-refractivity contribution in [3.63, 3.8) is 0 Å². The van der Waals surface area contributed by atoms with Crippen LogP contribution < -0.4 is 5.32 Å². The molecule has 0 bridgehead atoms. The zero-order valence-electron chi connectivity index (χ0n) is 22.8. The van der Waals surface area contributed by atoms with Crippen LogP contribution in [0.1, 0.15) is 69.0 Å². The van der Waals surface area contributed by atoms with Crippen molar-refractivity contribution in [3.8, 4) is 6.19 Å². The number of amides is 2. The van der Waals surface area contributed by atoms with Crippen LogP contribution in [0.2, 0.25) is 10.0 Å². The molecule has 11 heteroatoms. The predicted molar refractivity (Wildman–Crippen MR) is 155 cm³/mol. The number of hydrogen-bond donors (Lipinski definition) is 1. The number of halogens is 2. The summed E-state index contributed by atoms with van der Waals surface area (Å²) in [7, 11) is -1.92. The predicted octanol–water partition coefficient (Wildman–Crippen LogP) is 5.25. The summed E-state index contributed by atoms with van der Waals surface area (Å²) in [5.74, 6) is -1.09. The Morgan fingerprint density at radius 3 is 2.42 bits per heavy atom. The fourth-order valence-electron chi connectivity index (χ4n) is 5.84. The maximum Gasteiger partial charge on any atom is 0.234 e. The summed E-state index contributed by atoms with van der Waals surface area (Å²) in [6.45, 7) is 3.79. The largest absolute Gasteiger partial charge is 0.330 e. The van der Waals surface area contributed by atoms with E-state index < -0.39 is 33.4 Å². The number of nitriles is 1. The van der Waals surface area contributed by atoms with E-state index in [4.69, 9.17) is 28.5 Å². The molecule has 4 rings (SSSR count). The van der Waals surface area contributed by atoms with Gasteiger partial charge < -0.3 is 4.90 Å². The van der Waals surface area contributed by atoms with Crippen molar-refractivity contribution in [1.82, 2.24) is 14.5 Å². The van der Waals surface area contributed by atoms with E-state index in [0.717, 1.165) is 11.1 Å². The summed E-state index contributed by atoms with van der Waals surface area (Å²) in [6, 6.07) is 13.8. The van der Waals surface area contributed by atoms with Crippen LogP contribution in [0.15, 0.2) is 48.5 Å². The van der Waals surface area contributed by atoms with Gasteiger partial charge in [0.2, 0.25) is 21.8 Å². The third kappa shape index (κ3) is 6.31. The second-order valence-electron chi connectivity index (χ2n) is 11.1. The number of sulfonamides is 1. The van der Waals surface area contributed by atoms with E-state index in [1.54, 1.807) is 43.3 Å². The Morgan fingerprint density at radius 1 is 1.18 bits per heavy atom. The molecule has 1 aliphatic heterocycles. The fraction of sp³-hybridized carbons (Fsp3) is 0.483. The Balaban J connectivity index is 1.86. The van der Waals surface area contributed by atoms with Crippen LogP contribution in [0, 0.1) is 16.9 Å². The van der Waals surface area contributed by atoms with Gasteiger partial charge in [-0.25, -0.2) is 12.7 Å². The highest BCUT2D eigenvalue weighted by Gasteiger charge is 2.52. The molecule has 1 aliphatic carbocycles. The quantitative estimate of drug-likeness (QED) is 0.294. The minimum absolute atomic E-state index is 0.119. The summed E-state index contributed by atoms with van der Waals surface area (Å²) in [6.07, 6.45) is 3.56. The van der Waals surface area contributed by atoms with Crippen LogP contribution in [-0.2, 0) is 19.6 Å². The van der Waals surface area contributed by atoms with E-state index >= 15 is 0 Å². The molecule has 40 heavy (non-hydrogen) atoms. The van der Waals surface area contributed by atoms with Crippen LogP contribution in [0.3, 0.4) is 0 Å². The van der Waals surface area contributed by atoms with Gasteiger partial charge in [0.05, 0.1) is 16.7 Å². The molecule has 4 atom stereocenters. The maximum atomic E-state index is 14.5. The number of rotatable bonds is 10. The molecule has 2 amide bonds. The number of likely N-dealkylation sites (tertiary alicyclic amines) is 1. The standard InChI is InChI=1S/C29H34Cl2N4O4S/c1-4-23(17-34(3)40(38,39)24-12-13-24)35-27(19-8-10-21(30)11-9-19)25(20-6-5-7-22(31)14-20)15-29(2,28(35)37)16-26(36)33-18-32/h5-11,14,23-25,27H,4,12-13,15-17H2,1-3H3,(H,33,36)/t23-,25+,27+,29+/m0/s1. The van der Waals surface area contributed by atoms with E-state index in [1.807, 2.05) is 37.3 Å². The zero-order chi connectivity index (χ0) is 29.2. The van der Waals surface area contributed by atoms with Gasteiger partial charge in [0, 0.05) is 42.0 Å². The maximum absolute atomic E-state index is 14.5. The SMILES string of the molecule is CC[C@@H](CN(C)S(=O)(=O)C1CC1)N1C(=O)[C@@](C)(CC(=O)NC#N)C[C@H](c2cccc(Cl)c2)[C@H]1c1ccc(Cl)cc1. The molecule has 0 spiro atoms. The highest BCUT2D eigenvalue weighted by atomic mass is 35.5. The second-order valence-corrected chi connectivity index (χ2v) is 14.3. The molecule has 0 radical (unpaired) electrons. The monoisotopic (exact) mass is 604 g/mol. The molecule has 1 saturated heterocycles. The third-order valence-electron chi connectivity index (χ3n) is 8.05. The van der Waals surface area contributed by atoms with Gasteiger partial charge in [-0.3, -0.25) is 14.9 Å². The van der Waals surface area contributed by atoms with Crippen LogP contribution in [0.4, 0.5) is 0 Å². The van der Waals surface area contributed by atoms with Crippen molar-refractivity contribution in [2.45, 2.75) is 69.2 Å². The highest BCUT2D eigenvalue weighted by Crippen LogP contribution is 2.52. The molecule has 2 aliphatic rings. The van der Waals surface area contributed by atoms with E-state index in [0.29, 0.717) is 35.7 Å². The van der Waals surface area contributed by atoms with Gasteiger partial charge in [0.25, 0.3) is 0 Å². The first-order chi connectivity index (χ1) is 18.9. The molecule has 1 saturated carbocycles. The van der Waals surface area contributed by atoms with E-state index in [2.05, 4.69) is 5.32 Å². The summed E-state index contributed by atoms with van der Waals surface area (Å²) in [5, 5.41) is 11.9. The number of carbonyl (C=O) groups excluding carboxylic acids is 2. The molecule has 2 fully saturated rings. The normalized spacial score (nSPS) is 24.0. The second kappa shape index (κ2) is 12.1. The summed E-state index contributed by atoms with van der Waals surface area (Å²) in [4.78, 5) is 28.9. The van der Waals surface area contributed by atoms with Gasteiger partial charge in [-0.05, 0) is 61.1 Å². The lowest BCUT2D eigenvalue weighted by Crippen LogP contribution is -2.58. The lowest BCUT2D eigenvalue weighted by Gasteiger charge is -2.52. The van der Waals surface area contributed by atoms with Gasteiger partial charge in [-0.1, -0.05) is 61.3 Å². The number of piperidine rings is 1. The van der Waals surface area contributed by atoms with Gasteiger partial charge in [0.15, 0.2) is 6.19 Å². The number of benzene rings is 2. The lowest BCUT2D eigenvalue weighted by molar-refractivity contribution is -0.157. The molecule has 2 aromatic carbocycles. The Hall–Kier alpha value is -2.64. The Labute approximate surface area is 246 Å². The number of nitrogens with zero attached hydrogens (tertiary/aromatic N) is 3. The van der Waals surface area contributed by atoms with Crippen molar-refractivity contribution in [2.75, 3.05) is 13.6 Å². The summed E-state index contributed by atoms with van der Waals surface area (Å²) >= 11 is 12.6. The van der Waals surface area contributed by atoms with E-state index in [1.165, 1.54) is 4.31 Å². The first-order valence-electron chi connectivity index (χ1n) is 13.4. The van der Waals surface area contributed by atoms with Gasteiger partial charge in [-0.15, -0.1) is 0 Å². The number of nitrogens with one attached hydrogen (secondary N) is 1. The molecule has 2 aromatic rings. The lowest BCUT2D eigenvalue weighted by atomic mass is 9.67. The topological polar surface area (TPSA) is 111 Å². The minimum atomic E-state index is -3.48. The first kappa shape index (κ1) is 30.3. The molecule has 0 aromatic heterocycles. The highest BCUT2D eigenvalue weighted by molar-refractivity contribution is 7.90. The molecule has 0 unspecified atom stereocenters. The van der Waals surface area contributed by atoms with Crippen molar-refractivity contribution < 1.29 is 18.0 Å². The van der Waals surface area contributed by atoms with Crippen LogP contribution in [-0.4, -0.2) is 54.3 Å². The van der Waals surface area contributed by atoms with Gasteiger partial charge in [-0.2, -0.15) is 5.26 Å². The Morgan fingerprint density at radius 2 is 1.85 bits per heavy atom. The third-order valence-corrected chi connectivity index (χ3v) is 10.9. The van der Waals surface area contributed by atoms with Crippen molar-refractivity contribution in [2.24, 2.45) is 5.41 Å². The molecular formula is C29H34Cl2N4O4S. The summed E-state index contributed by atoms with van der Waals surface area (Å²) < 4.78 is 27.5. The van der Waals surface area contributed by atoms with Crippen molar-refractivity contribution >= 4 is 45.0 Å². The van der Waals surface area contributed by atoms with E-state index in [-0.39, 0.29) is 30.0 Å². The zero-order valence-corrected chi connectivity index (χ0v) is 25.1. The molecule has 1 N–H and O–H groups in total. The minimum Gasteiger partial charge on any atom is -0.330 e. The average molecular weight is 606 g/mol. The Bertz CT molecular complexity index is 1410. The Kier molecular flexibility index (Phi) is 9.15. The number of hydrogen-bond acceptors (Lipinski definition) is 5.